The van der Waals surface area contributed by atoms with Crippen LogP contribution in [0.3, 0.4) is 0 Å². The summed E-state index contributed by atoms with van der Waals surface area (Å²) in [6.45, 7) is 8.44. The molecule has 3 aromatic rings. The summed E-state index contributed by atoms with van der Waals surface area (Å²) in [5.74, 6) is -22.7. The number of benzene rings is 3. The summed E-state index contributed by atoms with van der Waals surface area (Å²) in [6.07, 6.45) is -5.84. The normalized spacial score (nSPS) is 14.2. The zero-order chi connectivity index (χ0) is 84.8. The van der Waals surface area contributed by atoms with Gasteiger partial charge in [0, 0.05) is 38.6 Å². The van der Waals surface area contributed by atoms with Gasteiger partial charge in [-0.25, -0.2) is 4.79 Å². The third-order valence-corrected chi connectivity index (χ3v) is 17.0. The molecule has 0 radical (unpaired) electrons. The van der Waals surface area contributed by atoms with Crippen LogP contribution in [0.2, 0.25) is 0 Å². The van der Waals surface area contributed by atoms with E-state index in [9.17, 15) is 102 Å². The average molecular weight is 1580 g/mol. The van der Waals surface area contributed by atoms with E-state index in [4.69, 9.17) is 34.1 Å². The fourth-order valence-corrected chi connectivity index (χ4v) is 11.1. The SMILES string of the molecule is CC(C)C[C@H](NC(=O)[C@H](CCC(=O)O)NC(=O)[C@@H](NC(=O)[C@@H](NC(=O)[C@H](CC(N)=O)NC(=O)CNC(=O)[C@H](Cc1ccccc1)NC(=O)[C@H](CC(N)=O)NC(=O)[C@H](CCC(N)=O)NC(=O)[C@H](Cc1ccccc1)NC(=O)[C@H](Cc1ccccc1)NC(=O)[C@@H](N)CC(=O)O)C(C)C)C(C)C)C(=O)N[C@@H](CCCNC(=N)N)C(=O)O. The van der Waals surface area contributed by atoms with Crippen molar-refractivity contribution in [3.8, 4) is 0 Å². The van der Waals surface area contributed by atoms with Crippen LogP contribution in [0.4, 0.5) is 0 Å². The van der Waals surface area contributed by atoms with Gasteiger partial charge in [0.15, 0.2) is 5.96 Å². The van der Waals surface area contributed by atoms with E-state index in [2.05, 4.69) is 69.1 Å². The number of hydrogen-bond donors (Lipinski definition) is 22. The first kappa shape index (κ1) is 94.6. The molecule has 0 aliphatic carbocycles. The van der Waals surface area contributed by atoms with Crippen molar-refractivity contribution in [2.24, 2.45) is 46.4 Å². The summed E-state index contributed by atoms with van der Waals surface area (Å²) in [5, 5.41) is 67.6. The monoisotopic (exact) mass is 1580 g/mol. The largest absolute Gasteiger partial charge is 0.481 e. The van der Waals surface area contributed by atoms with Gasteiger partial charge >= 0.3 is 17.9 Å². The minimum atomic E-state index is -1.96. The van der Waals surface area contributed by atoms with Crippen LogP contribution in [-0.4, -0.2) is 213 Å². The molecular weight excluding hydrogens is 1480 g/mol. The number of carboxylic acid groups (broad SMARTS) is 3. The summed E-state index contributed by atoms with van der Waals surface area (Å²) < 4.78 is 0. The van der Waals surface area contributed by atoms with Crippen LogP contribution in [-0.2, 0) is 106 Å². The summed E-state index contributed by atoms with van der Waals surface area (Å²) in [5.41, 5.74) is 29.1. The average Bonchev–Trinajstić information content (AvgIpc) is 0.851. The smallest absolute Gasteiger partial charge is 0.326 e. The molecule has 27 N–H and O–H groups in total. The molecule has 113 heavy (non-hydrogen) atoms. The molecule has 0 saturated carbocycles. The van der Waals surface area contributed by atoms with Gasteiger partial charge in [0.2, 0.25) is 88.6 Å². The maximum atomic E-state index is 14.5. The molecule has 0 unspecified atom stereocenters. The number of nitrogens with one attached hydrogen (secondary N) is 14. The second-order valence-corrected chi connectivity index (χ2v) is 27.8. The highest BCUT2D eigenvalue weighted by atomic mass is 16.4. The molecule has 618 valence electrons. The minimum absolute atomic E-state index is 0.0509. The van der Waals surface area contributed by atoms with Gasteiger partial charge in [0.25, 0.3) is 0 Å². The number of nitrogens with two attached hydrogens (primary N) is 5. The van der Waals surface area contributed by atoms with Crippen molar-refractivity contribution in [2.75, 3.05) is 13.1 Å². The topological polar surface area (TPSA) is 678 Å². The van der Waals surface area contributed by atoms with Crippen molar-refractivity contribution in [1.29, 1.82) is 5.41 Å². The van der Waals surface area contributed by atoms with E-state index in [0.717, 1.165) is 0 Å². The van der Waals surface area contributed by atoms with Crippen LogP contribution in [0.1, 0.15) is 122 Å². The number of amides is 15. The molecule has 3 rings (SSSR count). The van der Waals surface area contributed by atoms with E-state index >= 15 is 0 Å². The Hall–Kier alpha value is -12.7. The zero-order valence-electron chi connectivity index (χ0n) is 63.5. The summed E-state index contributed by atoms with van der Waals surface area (Å²) in [6, 6.07) is 4.69. The summed E-state index contributed by atoms with van der Waals surface area (Å²) in [7, 11) is 0. The van der Waals surface area contributed by atoms with E-state index in [1.807, 2.05) is 0 Å². The van der Waals surface area contributed by atoms with Crippen molar-refractivity contribution < 1.29 is 102 Å². The Morgan fingerprint density at radius 3 is 1.13 bits per heavy atom. The zero-order valence-corrected chi connectivity index (χ0v) is 63.5. The Balaban J connectivity index is 1.88. The van der Waals surface area contributed by atoms with Gasteiger partial charge in [-0.3, -0.25) is 86.9 Å². The van der Waals surface area contributed by atoms with Crippen molar-refractivity contribution in [3.63, 3.8) is 0 Å². The highest BCUT2D eigenvalue weighted by Gasteiger charge is 2.39. The van der Waals surface area contributed by atoms with Gasteiger partial charge in [-0.05, 0) is 66.5 Å². The number of carbonyl (C=O) groups excluding carboxylic acids is 15. The van der Waals surface area contributed by atoms with Crippen LogP contribution in [0, 0.1) is 23.2 Å². The van der Waals surface area contributed by atoms with Gasteiger partial charge in [0.1, 0.15) is 66.5 Å². The maximum absolute atomic E-state index is 14.5. The Morgan fingerprint density at radius 1 is 0.363 bits per heavy atom. The highest BCUT2D eigenvalue weighted by molar-refractivity contribution is 6.01. The molecule has 0 heterocycles. The predicted octanol–water partition coefficient (Wildman–Crippen LogP) is -5.45. The minimum Gasteiger partial charge on any atom is -0.481 e. The van der Waals surface area contributed by atoms with Crippen LogP contribution in [0.5, 0.6) is 0 Å². The number of rotatable bonds is 51. The molecule has 0 aliphatic rings. The lowest BCUT2D eigenvalue weighted by atomic mass is 9.98. The fourth-order valence-electron chi connectivity index (χ4n) is 11.1. The first-order valence-corrected chi connectivity index (χ1v) is 36.2. The van der Waals surface area contributed by atoms with E-state index in [1.165, 1.54) is 27.7 Å². The van der Waals surface area contributed by atoms with Crippen LogP contribution in [0.25, 0.3) is 0 Å². The Bertz CT molecular complexity index is 3830. The number of carboxylic acids is 3. The standard InChI is InChI=1S/C73H105N19O21/c1-37(2)29-47(65(105)85-46(72(112)113)23-16-28-80-73(78)79)87-64(104)45(25-27-57(97)98)84-70(110)59(38(3)4)92-71(111)60(39(5)6)91-69(109)51(34-54(76)94)82-56(96)36-81-62(102)48(30-40-17-10-7-11-18-40)88-68(108)52(35-55(77)95)90-63(103)44(24-26-53(75)93)83-66(106)50(32-42-21-14-9-15-22-42)89-67(107)49(31-41-19-12-8-13-20-41)86-61(101)43(74)33-58(99)100/h7-15,17-22,37-39,43-52,59-60H,16,23-36,74H2,1-6H3,(H2,75,93)(H2,76,94)(H2,77,95)(H,81,102)(H,82,96)(H,83,106)(H,84,110)(H,85,105)(H,86,101)(H,87,104)(H,88,108)(H,89,107)(H,90,103)(H,91,109)(H,92,111)(H,97,98)(H,99,100)(H,112,113)(H4,78,79,80)/t43-,44-,45-,46-,47-,48-,49-,50-,51-,52-,59-,60-/m0/s1. The predicted molar refractivity (Wildman–Crippen MR) is 404 cm³/mol. The third-order valence-electron chi connectivity index (χ3n) is 17.0. The Morgan fingerprint density at radius 2 is 0.717 bits per heavy atom. The molecule has 15 amide bonds. The van der Waals surface area contributed by atoms with Gasteiger partial charge in [-0.15, -0.1) is 0 Å². The van der Waals surface area contributed by atoms with Gasteiger partial charge < -0.3 is 113 Å². The lowest BCUT2D eigenvalue weighted by molar-refractivity contribution is -0.142. The second kappa shape index (κ2) is 48.1. The lowest BCUT2D eigenvalue weighted by Crippen LogP contribution is -2.61. The number of carbonyl (C=O) groups is 18. The van der Waals surface area contributed by atoms with E-state index in [0.29, 0.717) is 16.7 Å². The van der Waals surface area contributed by atoms with Crippen molar-refractivity contribution in [2.45, 2.75) is 198 Å². The summed E-state index contributed by atoms with van der Waals surface area (Å²) >= 11 is 0. The number of hydrogen-bond acceptors (Lipinski definition) is 20. The molecule has 12 atom stereocenters. The molecule has 3 aromatic carbocycles. The Labute approximate surface area is 650 Å². The third kappa shape index (κ3) is 36.2. The Kier molecular flexibility index (Phi) is 40.2. The molecule has 0 fully saturated rings. The van der Waals surface area contributed by atoms with Gasteiger partial charge in [0.05, 0.1) is 31.8 Å². The van der Waals surface area contributed by atoms with Crippen molar-refractivity contribution >= 4 is 112 Å². The fraction of sp³-hybridized carbons (Fsp3) is 0.493. The number of aliphatic carboxylic acids is 3. The number of guanidine groups is 1. The van der Waals surface area contributed by atoms with Crippen molar-refractivity contribution in [1.82, 2.24) is 69.1 Å². The number of primary amides is 3. The van der Waals surface area contributed by atoms with Crippen molar-refractivity contribution in [3.05, 3.63) is 108 Å². The van der Waals surface area contributed by atoms with E-state index in [1.54, 1.807) is 105 Å². The molecule has 40 nitrogen and oxygen atoms in total. The quantitative estimate of drug-likeness (QED) is 0.0142. The lowest BCUT2D eigenvalue weighted by Gasteiger charge is -2.30. The maximum Gasteiger partial charge on any atom is 0.326 e. The van der Waals surface area contributed by atoms with Crippen LogP contribution >= 0.6 is 0 Å². The molecule has 0 aliphatic heterocycles. The summed E-state index contributed by atoms with van der Waals surface area (Å²) in [4.78, 5) is 241. The van der Waals surface area contributed by atoms with Crippen LogP contribution < -0.4 is 97.8 Å². The van der Waals surface area contributed by atoms with Gasteiger partial charge in [-0.2, -0.15) is 0 Å². The molecule has 40 heteroatoms. The van der Waals surface area contributed by atoms with Gasteiger partial charge in [-0.1, -0.05) is 133 Å². The molecule has 0 spiro atoms. The molecule has 0 saturated heterocycles. The second-order valence-electron chi connectivity index (χ2n) is 27.8. The first-order valence-electron chi connectivity index (χ1n) is 36.2. The van der Waals surface area contributed by atoms with Crippen LogP contribution in [0.15, 0.2) is 91.0 Å². The van der Waals surface area contributed by atoms with E-state index in [-0.39, 0.29) is 56.9 Å². The van der Waals surface area contributed by atoms with E-state index < -0.39 is 242 Å². The first-order chi connectivity index (χ1) is 53.1. The highest BCUT2D eigenvalue weighted by Crippen LogP contribution is 2.15. The molecular formula is C73H105N19O21. The molecule has 0 aromatic heterocycles. The molecule has 0 bridgehead atoms.